The Morgan fingerprint density at radius 2 is 2.07 bits per heavy atom. The molecule has 2 rings (SSSR count). The Labute approximate surface area is 88.0 Å². The summed E-state index contributed by atoms with van der Waals surface area (Å²) in [5, 5.41) is 3.73. The van der Waals surface area contributed by atoms with E-state index in [0.717, 1.165) is 12.2 Å². The summed E-state index contributed by atoms with van der Waals surface area (Å²) in [6.07, 6.45) is 1.41. The number of rotatable bonds is 0. The Balaban J connectivity index is 2.14. The van der Waals surface area contributed by atoms with E-state index in [1.165, 1.54) is 0 Å². The zero-order valence-corrected chi connectivity index (χ0v) is 9.84. The molecule has 0 saturated carbocycles. The minimum absolute atomic E-state index is 0.129. The SMILES string of the molecule is CC1CS(=O)C2C(CC(C)OC2C)N1. The average molecular weight is 217 g/mol. The minimum Gasteiger partial charge on any atom is -0.374 e. The summed E-state index contributed by atoms with van der Waals surface area (Å²) in [4.78, 5) is 0. The fraction of sp³-hybridized carbons (Fsp3) is 1.00. The Hall–Kier alpha value is 0.0700. The van der Waals surface area contributed by atoms with Gasteiger partial charge >= 0.3 is 0 Å². The predicted octanol–water partition coefficient (Wildman–Crippen LogP) is 0.661. The van der Waals surface area contributed by atoms with Gasteiger partial charge in [0.05, 0.1) is 17.5 Å². The molecule has 0 aromatic heterocycles. The average Bonchev–Trinajstić information content (AvgIpc) is 1.99. The molecule has 0 radical (unpaired) electrons. The van der Waals surface area contributed by atoms with Crippen LogP contribution >= 0.6 is 0 Å². The molecule has 0 amide bonds. The van der Waals surface area contributed by atoms with Gasteiger partial charge in [0.15, 0.2) is 0 Å². The molecule has 2 saturated heterocycles. The minimum atomic E-state index is -0.719. The van der Waals surface area contributed by atoms with Gasteiger partial charge in [-0.15, -0.1) is 0 Å². The van der Waals surface area contributed by atoms with Gasteiger partial charge in [-0.1, -0.05) is 0 Å². The van der Waals surface area contributed by atoms with Crippen LogP contribution in [0.2, 0.25) is 0 Å². The van der Waals surface area contributed by atoms with Crippen LogP contribution in [0.3, 0.4) is 0 Å². The molecule has 2 heterocycles. The largest absolute Gasteiger partial charge is 0.374 e. The van der Waals surface area contributed by atoms with Crippen LogP contribution in [0.25, 0.3) is 0 Å². The van der Waals surface area contributed by atoms with Gasteiger partial charge in [-0.05, 0) is 27.2 Å². The topological polar surface area (TPSA) is 38.3 Å². The van der Waals surface area contributed by atoms with Gasteiger partial charge < -0.3 is 10.1 Å². The van der Waals surface area contributed by atoms with Gasteiger partial charge in [0, 0.05) is 28.6 Å². The quantitative estimate of drug-likeness (QED) is 0.648. The first-order chi connectivity index (χ1) is 6.58. The van der Waals surface area contributed by atoms with Crippen molar-refractivity contribution in [2.24, 2.45) is 0 Å². The molecule has 3 nitrogen and oxygen atoms in total. The number of nitrogens with one attached hydrogen (secondary N) is 1. The second-order valence-corrected chi connectivity index (χ2v) is 6.21. The van der Waals surface area contributed by atoms with E-state index >= 15 is 0 Å². The fourth-order valence-electron chi connectivity index (χ4n) is 2.65. The lowest BCUT2D eigenvalue weighted by Gasteiger charge is -2.44. The lowest BCUT2D eigenvalue weighted by atomic mass is 9.98. The second-order valence-electron chi connectivity index (χ2n) is 4.57. The molecule has 2 aliphatic rings. The lowest BCUT2D eigenvalue weighted by molar-refractivity contribution is -0.0406. The molecule has 0 aliphatic carbocycles. The van der Waals surface area contributed by atoms with Crippen molar-refractivity contribution in [1.82, 2.24) is 5.32 Å². The summed E-state index contributed by atoms with van der Waals surface area (Å²) in [6, 6.07) is 0.771. The highest BCUT2D eigenvalue weighted by Crippen LogP contribution is 2.27. The summed E-state index contributed by atoms with van der Waals surface area (Å²) < 4.78 is 17.7. The number of ether oxygens (including phenoxy) is 1. The van der Waals surface area contributed by atoms with E-state index in [-0.39, 0.29) is 11.4 Å². The Morgan fingerprint density at radius 3 is 2.79 bits per heavy atom. The molecule has 0 spiro atoms. The molecule has 6 atom stereocenters. The van der Waals surface area contributed by atoms with Crippen molar-refractivity contribution in [3.63, 3.8) is 0 Å². The van der Waals surface area contributed by atoms with Crippen molar-refractivity contribution in [3.05, 3.63) is 0 Å². The van der Waals surface area contributed by atoms with Crippen LogP contribution in [0.4, 0.5) is 0 Å². The Morgan fingerprint density at radius 1 is 1.36 bits per heavy atom. The third-order valence-corrected chi connectivity index (χ3v) is 5.26. The van der Waals surface area contributed by atoms with Crippen LogP contribution in [0, 0.1) is 0 Å². The number of hydrogen-bond donors (Lipinski definition) is 1. The van der Waals surface area contributed by atoms with Crippen molar-refractivity contribution in [2.45, 2.75) is 56.7 Å². The van der Waals surface area contributed by atoms with Crippen molar-refractivity contribution < 1.29 is 8.95 Å². The van der Waals surface area contributed by atoms with Crippen molar-refractivity contribution in [1.29, 1.82) is 0 Å². The highest BCUT2D eigenvalue weighted by Gasteiger charge is 2.42. The summed E-state index contributed by atoms with van der Waals surface area (Å²) in [5.41, 5.74) is 0. The Kier molecular flexibility index (Phi) is 2.96. The maximum Gasteiger partial charge on any atom is 0.0761 e. The first kappa shape index (κ1) is 10.6. The Bertz CT molecular complexity index is 244. The van der Waals surface area contributed by atoms with Gasteiger partial charge in [-0.3, -0.25) is 4.21 Å². The standard InChI is InChI=1S/C10H19NO2S/c1-6-5-14(12)10-8(3)13-7(2)4-9(10)11-6/h6-11H,4-5H2,1-3H3. The van der Waals surface area contributed by atoms with Gasteiger partial charge in [0.25, 0.3) is 0 Å². The summed E-state index contributed by atoms with van der Waals surface area (Å²) in [6.45, 7) is 6.25. The van der Waals surface area contributed by atoms with Crippen LogP contribution in [-0.2, 0) is 15.5 Å². The molecular weight excluding hydrogens is 198 g/mol. The van der Waals surface area contributed by atoms with Crippen LogP contribution in [-0.4, -0.2) is 39.5 Å². The molecule has 0 bridgehead atoms. The molecule has 1 N–H and O–H groups in total. The van der Waals surface area contributed by atoms with Gasteiger partial charge in [0.1, 0.15) is 0 Å². The molecule has 14 heavy (non-hydrogen) atoms. The maximum absolute atomic E-state index is 11.9. The van der Waals surface area contributed by atoms with Crippen LogP contribution in [0.15, 0.2) is 0 Å². The molecule has 4 heteroatoms. The maximum atomic E-state index is 11.9. The van der Waals surface area contributed by atoms with Crippen molar-refractivity contribution in [2.75, 3.05) is 5.75 Å². The van der Waals surface area contributed by atoms with Gasteiger partial charge in [-0.2, -0.15) is 0 Å². The van der Waals surface area contributed by atoms with E-state index in [4.69, 9.17) is 4.74 Å². The smallest absolute Gasteiger partial charge is 0.0761 e. The predicted molar refractivity (Wildman–Crippen MR) is 57.8 cm³/mol. The third kappa shape index (κ3) is 1.88. The molecule has 0 aromatic carbocycles. The lowest BCUT2D eigenvalue weighted by Crippen LogP contribution is -2.61. The van der Waals surface area contributed by atoms with E-state index in [1.807, 2.05) is 6.92 Å². The normalized spacial score (nSPS) is 53.9. The zero-order chi connectivity index (χ0) is 10.3. The van der Waals surface area contributed by atoms with Crippen molar-refractivity contribution >= 4 is 10.8 Å². The first-order valence-electron chi connectivity index (χ1n) is 5.36. The fourth-order valence-corrected chi connectivity index (χ4v) is 4.51. The summed E-state index contributed by atoms with van der Waals surface area (Å²) in [7, 11) is -0.719. The first-order valence-corrected chi connectivity index (χ1v) is 6.75. The second kappa shape index (κ2) is 3.91. The van der Waals surface area contributed by atoms with E-state index in [1.54, 1.807) is 0 Å². The van der Waals surface area contributed by atoms with E-state index in [2.05, 4.69) is 19.2 Å². The number of hydrogen-bond acceptors (Lipinski definition) is 3. The summed E-state index contributed by atoms with van der Waals surface area (Å²) in [5.74, 6) is 0.767. The van der Waals surface area contributed by atoms with E-state index in [9.17, 15) is 4.21 Å². The molecular formula is C10H19NO2S. The molecule has 2 fully saturated rings. The van der Waals surface area contributed by atoms with E-state index < -0.39 is 10.8 Å². The van der Waals surface area contributed by atoms with Crippen molar-refractivity contribution in [3.8, 4) is 0 Å². The summed E-state index contributed by atoms with van der Waals surface area (Å²) >= 11 is 0. The van der Waals surface area contributed by atoms with Gasteiger partial charge in [-0.25, -0.2) is 0 Å². The molecule has 6 unspecified atom stereocenters. The monoisotopic (exact) mass is 217 g/mol. The molecule has 82 valence electrons. The van der Waals surface area contributed by atoms with Crippen LogP contribution < -0.4 is 5.32 Å². The van der Waals surface area contributed by atoms with Gasteiger partial charge in [0.2, 0.25) is 0 Å². The highest BCUT2D eigenvalue weighted by molar-refractivity contribution is 7.85. The van der Waals surface area contributed by atoms with Crippen LogP contribution in [0.5, 0.6) is 0 Å². The van der Waals surface area contributed by atoms with E-state index in [0.29, 0.717) is 18.2 Å². The zero-order valence-electron chi connectivity index (χ0n) is 9.03. The molecule has 2 aliphatic heterocycles. The van der Waals surface area contributed by atoms with Crippen LogP contribution in [0.1, 0.15) is 27.2 Å². The molecule has 0 aromatic rings. The number of fused-ring (bicyclic) bond motifs is 1. The third-order valence-electron chi connectivity index (χ3n) is 3.11. The highest BCUT2D eigenvalue weighted by atomic mass is 32.2.